The standard InChI is InChI=1S/C18H19N5O2/c1-25-15-9-7-13(8-10-15)17-21-16(22-23-17)11-12-19-18(24)20-14-5-3-2-4-6-14/h2-10H,11-12H2,1H3,(H2,19,20,24)(H,21,22,23). The lowest BCUT2D eigenvalue weighted by molar-refractivity contribution is 0.252. The Bertz CT molecular complexity index is 815. The van der Waals surface area contributed by atoms with E-state index in [9.17, 15) is 4.79 Å². The van der Waals surface area contributed by atoms with Crippen molar-refractivity contribution in [2.75, 3.05) is 19.0 Å². The van der Waals surface area contributed by atoms with Crippen LogP contribution in [0.15, 0.2) is 54.6 Å². The monoisotopic (exact) mass is 337 g/mol. The molecule has 0 bridgehead atoms. The summed E-state index contributed by atoms with van der Waals surface area (Å²) in [6, 6.07) is 16.6. The number of methoxy groups -OCH3 is 1. The number of H-pyrrole nitrogens is 1. The van der Waals surface area contributed by atoms with Crippen LogP contribution in [0, 0.1) is 0 Å². The number of amides is 2. The number of para-hydroxylation sites is 1. The fraction of sp³-hybridized carbons (Fsp3) is 0.167. The van der Waals surface area contributed by atoms with E-state index >= 15 is 0 Å². The summed E-state index contributed by atoms with van der Waals surface area (Å²) in [6.45, 7) is 0.454. The van der Waals surface area contributed by atoms with Gasteiger partial charge in [0.25, 0.3) is 0 Å². The lowest BCUT2D eigenvalue weighted by atomic mass is 10.2. The first-order valence-electron chi connectivity index (χ1n) is 7.90. The molecule has 0 unspecified atom stereocenters. The maximum Gasteiger partial charge on any atom is 0.319 e. The number of rotatable bonds is 6. The smallest absolute Gasteiger partial charge is 0.319 e. The van der Waals surface area contributed by atoms with Crippen LogP contribution in [0.25, 0.3) is 11.4 Å². The van der Waals surface area contributed by atoms with E-state index in [1.807, 2.05) is 54.6 Å². The maximum atomic E-state index is 11.8. The number of aromatic nitrogens is 3. The Morgan fingerprint density at radius 3 is 2.60 bits per heavy atom. The van der Waals surface area contributed by atoms with Crippen molar-refractivity contribution in [3.8, 4) is 17.1 Å². The van der Waals surface area contributed by atoms with Crippen molar-refractivity contribution in [1.29, 1.82) is 0 Å². The Labute approximate surface area is 145 Å². The fourth-order valence-electron chi connectivity index (χ4n) is 2.27. The predicted octanol–water partition coefficient (Wildman–Crippen LogP) is 2.84. The lowest BCUT2D eigenvalue weighted by Crippen LogP contribution is -2.30. The molecule has 2 amide bonds. The van der Waals surface area contributed by atoms with Gasteiger partial charge in [0.15, 0.2) is 5.82 Å². The molecular weight excluding hydrogens is 318 g/mol. The van der Waals surface area contributed by atoms with Gasteiger partial charge in [0.1, 0.15) is 11.6 Å². The number of anilines is 1. The van der Waals surface area contributed by atoms with E-state index < -0.39 is 0 Å². The molecule has 0 saturated carbocycles. The van der Waals surface area contributed by atoms with E-state index in [0.717, 1.165) is 17.0 Å². The minimum absolute atomic E-state index is 0.249. The van der Waals surface area contributed by atoms with Gasteiger partial charge in [0, 0.05) is 24.2 Å². The molecule has 0 radical (unpaired) electrons. The summed E-state index contributed by atoms with van der Waals surface area (Å²) in [5.74, 6) is 2.12. The molecule has 3 aromatic rings. The number of hydrogen-bond donors (Lipinski definition) is 3. The van der Waals surface area contributed by atoms with Crippen LogP contribution in [0.2, 0.25) is 0 Å². The SMILES string of the molecule is COc1ccc(-c2n[nH]c(CCNC(=O)Nc3ccccc3)n2)cc1. The molecule has 3 rings (SSSR count). The van der Waals surface area contributed by atoms with Gasteiger partial charge in [-0.15, -0.1) is 0 Å². The summed E-state index contributed by atoms with van der Waals surface area (Å²) in [5.41, 5.74) is 1.65. The Kier molecular flexibility index (Phi) is 5.26. The van der Waals surface area contributed by atoms with Gasteiger partial charge in [-0.2, -0.15) is 5.10 Å². The molecule has 7 nitrogen and oxygen atoms in total. The second kappa shape index (κ2) is 7.96. The normalized spacial score (nSPS) is 10.3. The lowest BCUT2D eigenvalue weighted by Gasteiger charge is -2.06. The molecule has 1 aromatic heterocycles. The van der Waals surface area contributed by atoms with Crippen molar-refractivity contribution >= 4 is 11.7 Å². The highest BCUT2D eigenvalue weighted by molar-refractivity contribution is 5.89. The summed E-state index contributed by atoms with van der Waals surface area (Å²) in [6.07, 6.45) is 0.561. The number of nitrogens with one attached hydrogen (secondary N) is 3. The van der Waals surface area contributed by atoms with Crippen molar-refractivity contribution in [2.24, 2.45) is 0 Å². The summed E-state index contributed by atoms with van der Waals surface area (Å²) in [4.78, 5) is 16.2. The van der Waals surface area contributed by atoms with Crippen molar-refractivity contribution < 1.29 is 9.53 Å². The average molecular weight is 337 g/mol. The molecule has 2 aromatic carbocycles. The zero-order valence-electron chi connectivity index (χ0n) is 13.8. The molecular formula is C18H19N5O2. The van der Waals surface area contributed by atoms with Gasteiger partial charge in [0.05, 0.1) is 7.11 Å². The number of aromatic amines is 1. The topological polar surface area (TPSA) is 91.9 Å². The van der Waals surface area contributed by atoms with E-state index in [1.54, 1.807) is 7.11 Å². The maximum absolute atomic E-state index is 11.8. The van der Waals surface area contributed by atoms with Crippen LogP contribution in [0.3, 0.4) is 0 Å². The Balaban J connectivity index is 1.49. The molecule has 7 heteroatoms. The Morgan fingerprint density at radius 1 is 1.12 bits per heavy atom. The minimum Gasteiger partial charge on any atom is -0.497 e. The molecule has 1 heterocycles. The molecule has 0 aliphatic carbocycles. The molecule has 128 valence electrons. The second-order valence-electron chi connectivity index (χ2n) is 5.33. The molecule has 0 atom stereocenters. The van der Waals surface area contributed by atoms with Crippen molar-refractivity contribution in [3.63, 3.8) is 0 Å². The van der Waals surface area contributed by atoms with Crippen molar-refractivity contribution in [2.45, 2.75) is 6.42 Å². The zero-order valence-corrected chi connectivity index (χ0v) is 13.8. The molecule has 0 fully saturated rings. The summed E-state index contributed by atoms with van der Waals surface area (Å²) in [5, 5.41) is 12.6. The van der Waals surface area contributed by atoms with Crippen LogP contribution in [0.5, 0.6) is 5.75 Å². The van der Waals surface area contributed by atoms with E-state index in [4.69, 9.17) is 4.74 Å². The van der Waals surface area contributed by atoms with Crippen LogP contribution in [-0.4, -0.2) is 34.9 Å². The van der Waals surface area contributed by atoms with Gasteiger partial charge >= 0.3 is 6.03 Å². The van der Waals surface area contributed by atoms with E-state index in [0.29, 0.717) is 24.6 Å². The minimum atomic E-state index is -0.249. The van der Waals surface area contributed by atoms with E-state index in [-0.39, 0.29) is 6.03 Å². The average Bonchev–Trinajstić information content (AvgIpc) is 3.11. The van der Waals surface area contributed by atoms with Gasteiger partial charge in [-0.3, -0.25) is 5.10 Å². The highest BCUT2D eigenvalue weighted by Crippen LogP contribution is 2.18. The third-order valence-corrected chi connectivity index (χ3v) is 3.56. The number of ether oxygens (including phenoxy) is 1. The van der Waals surface area contributed by atoms with Gasteiger partial charge in [-0.1, -0.05) is 18.2 Å². The van der Waals surface area contributed by atoms with Crippen LogP contribution >= 0.6 is 0 Å². The van der Waals surface area contributed by atoms with Gasteiger partial charge in [-0.25, -0.2) is 9.78 Å². The quantitative estimate of drug-likeness (QED) is 0.645. The van der Waals surface area contributed by atoms with Crippen molar-refractivity contribution in [3.05, 3.63) is 60.4 Å². The second-order valence-corrected chi connectivity index (χ2v) is 5.33. The number of carbonyl (C=O) groups excluding carboxylic acids is 1. The van der Waals surface area contributed by atoms with Crippen LogP contribution in [0.4, 0.5) is 10.5 Å². The Hall–Kier alpha value is -3.35. The Morgan fingerprint density at radius 2 is 1.88 bits per heavy atom. The zero-order chi connectivity index (χ0) is 17.5. The third kappa shape index (κ3) is 4.57. The van der Waals surface area contributed by atoms with Gasteiger partial charge < -0.3 is 15.4 Å². The van der Waals surface area contributed by atoms with Crippen LogP contribution in [0.1, 0.15) is 5.82 Å². The van der Waals surface area contributed by atoms with Crippen LogP contribution < -0.4 is 15.4 Å². The first-order valence-corrected chi connectivity index (χ1v) is 7.90. The number of nitrogens with zero attached hydrogens (tertiary/aromatic N) is 2. The first kappa shape index (κ1) is 16.5. The molecule has 3 N–H and O–H groups in total. The third-order valence-electron chi connectivity index (χ3n) is 3.56. The van der Waals surface area contributed by atoms with Crippen LogP contribution in [-0.2, 0) is 6.42 Å². The number of benzene rings is 2. The summed E-state index contributed by atoms with van der Waals surface area (Å²) >= 11 is 0. The van der Waals surface area contributed by atoms with Crippen molar-refractivity contribution in [1.82, 2.24) is 20.5 Å². The molecule has 0 saturated heterocycles. The molecule has 0 aliphatic heterocycles. The highest BCUT2D eigenvalue weighted by atomic mass is 16.5. The summed E-state index contributed by atoms with van der Waals surface area (Å²) in [7, 11) is 1.63. The fourth-order valence-corrected chi connectivity index (χ4v) is 2.27. The molecule has 25 heavy (non-hydrogen) atoms. The van der Waals surface area contributed by atoms with E-state index in [2.05, 4.69) is 25.8 Å². The number of hydrogen-bond acceptors (Lipinski definition) is 4. The number of urea groups is 1. The molecule has 0 spiro atoms. The molecule has 0 aliphatic rings. The first-order chi connectivity index (χ1) is 12.2. The predicted molar refractivity (Wildman–Crippen MR) is 95.5 cm³/mol. The highest BCUT2D eigenvalue weighted by Gasteiger charge is 2.07. The largest absolute Gasteiger partial charge is 0.497 e. The van der Waals surface area contributed by atoms with Gasteiger partial charge in [0.2, 0.25) is 0 Å². The summed E-state index contributed by atoms with van der Waals surface area (Å²) < 4.78 is 5.13. The van der Waals surface area contributed by atoms with Gasteiger partial charge in [-0.05, 0) is 36.4 Å². The number of carbonyl (C=O) groups is 1. The van der Waals surface area contributed by atoms with E-state index in [1.165, 1.54) is 0 Å².